The predicted octanol–water partition coefficient (Wildman–Crippen LogP) is 5.87. The number of hydrogen-bond acceptors (Lipinski definition) is 9. The van der Waals surface area contributed by atoms with E-state index < -0.39 is 0 Å². The van der Waals surface area contributed by atoms with Crippen LogP contribution in [0, 0.1) is 0 Å². The number of nitrogens with zero attached hydrogens (tertiary/aromatic N) is 4. The average Bonchev–Trinajstić information content (AvgIpc) is 3.30. The number of pyridine rings is 1. The van der Waals surface area contributed by atoms with Crippen molar-refractivity contribution in [2.24, 2.45) is 0 Å². The highest BCUT2D eigenvalue weighted by Crippen LogP contribution is 2.40. The Bertz CT molecular complexity index is 1490. The molecule has 9 nitrogen and oxygen atoms in total. The first kappa shape index (κ1) is 27.5. The number of likely N-dealkylation sites (tertiary alicyclic amines) is 1. The van der Waals surface area contributed by atoms with Gasteiger partial charge < -0.3 is 20.1 Å². The lowest BCUT2D eigenvalue weighted by Gasteiger charge is -2.31. The molecule has 3 aromatic heterocycles. The number of amides is 1. The second kappa shape index (κ2) is 12.0. The van der Waals surface area contributed by atoms with Crippen LogP contribution in [-0.4, -0.2) is 64.6 Å². The smallest absolute Gasteiger partial charge is 0.263 e. The fraction of sp³-hybridized carbons (Fsp3) is 0.429. The minimum Gasteiger partial charge on any atom is -0.420 e. The Balaban J connectivity index is 1.41. The first-order chi connectivity index (χ1) is 18.9. The number of benzene rings is 1. The van der Waals surface area contributed by atoms with Crippen LogP contribution in [0.1, 0.15) is 48.8 Å². The van der Waals surface area contributed by atoms with Gasteiger partial charge in [0.25, 0.3) is 5.91 Å². The van der Waals surface area contributed by atoms with Gasteiger partial charge in [-0.15, -0.1) is 11.3 Å². The quantitative estimate of drug-likeness (QED) is 0.242. The van der Waals surface area contributed by atoms with Crippen molar-refractivity contribution in [3.8, 4) is 11.8 Å². The maximum Gasteiger partial charge on any atom is 0.263 e. The third-order valence-electron chi connectivity index (χ3n) is 6.70. The first-order valence-corrected chi connectivity index (χ1v) is 14.4. The van der Waals surface area contributed by atoms with Gasteiger partial charge in [-0.3, -0.25) is 9.69 Å². The maximum absolute atomic E-state index is 12.8. The van der Waals surface area contributed by atoms with E-state index in [2.05, 4.69) is 25.5 Å². The van der Waals surface area contributed by atoms with E-state index in [-0.39, 0.29) is 17.2 Å². The number of nitrogens with one attached hydrogen (secondary N) is 2. The van der Waals surface area contributed by atoms with Crippen molar-refractivity contribution < 1.29 is 14.3 Å². The number of anilines is 1. The Morgan fingerprint density at radius 2 is 2.00 bits per heavy atom. The predicted molar refractivity (Wildman–Crippen MR) is 156 cm³/mol. The van der Waals surface area contributed by atoms with Crippen LogP contribution in [0.15, 0.2) is 30.5 Å². The number of carbonyl (C=O) groups excluding carboxylic acids is 1. The number of thiophene rings is 1. The van der Waals surface area contributed by atoms with Gasteiger partial charge in [0.2, 0.25) is 17.0 Å². The zero-order chi connectivity index (χ0) is 27.5. The molecule has 1 fully saturated rings. The fourth-order valence-electron chi connectivity index (χ4n) is 4.94. The van der Waals surface area contributed by atoms with Crippen molar-refractivity contribution >= 4 is 55.5 Å². The van der Waals surface area contributed by atoms with E-state index in [1.165, 1.54) is 11.3 Å². The molecule has 0 bridgehead atoms. The lowest BCUT2D eigenvalue weighted by atomic mass is 10.1. The molecule has 11 heteroatoms. The molecule has 4 aromatic rings. The minimum atomic E-state index is -0.0908. The lowest BCUT2D eigenvalue weighted by Crippen LogP contribution is -2.36. The molecule has 206 valence electrons. The molecule has 39 heavy (non-hydrogen) atoms. The summed E-state index contributed by atoms with van der Waals surface area (Å²) in [7, 11) is 1.83. The third kappa shape index (κ3) is 6.09. The molecule has 1 aliphatic rings. The van der Waals surface area contributed by atoms with Crippen LogP contribution in [0.5, 0.6) is 11.8 Å². The molecule has 0 unspecified atom stereocenters. The van der Waals surface area contributed by atoms with Gasteiger partial charge in [0.05, 0.1) is 17.3 Å². The number of fused-ring (bicyclic) bond motifs is 3. The zero-order valence-corrected chi connectivity index (χ0v) is 24.2. The Morgan fingerprint density at radius 1 is 1.21 bits per heavy atom. The summed E-state index contributed by atoms with van der Waals surface area (Å²) in [5.41, 5.74) is 2.40. The summed E-state index contributed by atoms with van der Waals surface area (Å²) in [5, 5.41) is 8.24. The van der Waals surface area contributed by atoms with Crippen LogP contribution < -0.4 is 15.4 Å². The van der Waals surface area contributed by atoms with Crippen LogP contribution in [0.25, 0.3) is 21.0 Å². The van der Waals surface area contributed by atoms with Crippen LogP contribution in [0.2, 0.25) is 5.28 Å². The third-order valence-corrected chi connectivity index (χ3v) is 8.04. The zero-order valence-electron chi connectivity index (χ0n) is 22.6. The number of halogens is 1. The van der Waals surface area contributed by atoms with Crippen molar-refractivity contribution in [2.75, 3.05) is 32.1 Å². The van der Waals surface area contributed by atoms with Gasteiger partial charge in [0.15, 0.2) is 0 Å². The topological polar surface area (TPSA) is 102 Å². The summed E-state index contributed by atoms with van der Waals surface area (Å²) in [6.45, 7) is 9.20. The normalized spacial score (nSPS) is 14.8. The highest BCUT2D eigenvalue weighted by molar-refractivity contribution is 7.21. The molecule has 1 aliphatic heterocycles. The van der Waals surface area contributed by atoms with Crippen molar-refractivity contribution in [3.63, 3.8) is 0 Å². The molecule has 0 saturated carbocycles. The summed E-state index contributed by atoms with van der Waals surface area (Å²) < 4.78 is 13.0. The molecule has 0 aliphatic carbocycles. The first-order valence-electron chi connectivity index (χ1n) is 13.2. The van der Waals surface area contributed by atoms with E-state index in [4.69, 9.17) is 26.1 Å². The van der Waals surface area contributed by atoms with Gasteiger partial charge in [-0.25, -0.2) is 9.97 Å². The summed E-state index contributed by atoms with van der Waals surface area (Å²) >= 11 is 7.61. The van der Waals surface area contributed by atoms with Crippen molar-refractivity contribution in [1.29, 1.82) is 0 Å². The Labute approximate surface area is 236 Å². The monoisotopic (exact) mass is 568 g/mol. The number of piperidine rings is 1. The molecule has 4 heterocycles. The van der Waals surface area contributed by atoms with E-state index in [1.807, 2.05) is 52.1 Å². The number of aromatic nitrogens is 3. The van der Waals surface area contributed by atoms with E-state index in [9.17, 15) is 4.79 Å². The van der Waals surface area contributed by atoms with Gasteiger partial charge >= 0.3 is 0 Å². The molecule has 1 aromatic carbocycles. The van der Waals surface area contributed by atoms with E-state index in [1.54, 1.807) is 6.20 Å². The lowest BCUT2D eigenvalue weighted by molar-refractivity contribution is 0.0124. The highest BCUT2D eigenvalue weighted by Gasteiger charge is 2.23. The molecule has 1 saturated heterocycles. The Kier molecular flexibility index (Phi) is 8.46. The molecule has 0 atom stereocenters. The average molecular weight is 569 g/mol. The van der Waals surface area contributed by atoms with Gasteiger partial charge in [-0.2, -0.15) is 4.98 Å². The summed E-state index contributed by atoms with van der Waals surface area (Å²) in [6, 6.07) is 7.78. The summed E-state index contributed by atoms with van der Waals surface area (Å²) in [4.78, 5) is 29.2. The number of ether oxygens (including phenoxy) is 2. The second-order valence-electron chi connectivity index (χ2n) is 9.84. The van der Waals surface area contributed by atoms with E-state index in [0.29, 0.717) is 29.3 Å². The van der Waals surface area contributed by atoms with E-state index >= 15 is 0 Å². The largest absolute Gasteiger partial charge is 0.420 e. The molecule has 0 radical (unpaired) electrons. The van der Waals surface area contributed by atoms with Crippen molar-refractivity contribution in [1.82, 2.24) is 25.2 Å². The van der Waals surface area contributed by atoms with Gasteiger partial charge in [0.1, 0.15) is 4.88 Å². The molecule has 2 N–H and O–H groups in total. The van der Waals surface area contributed by atoms with E-state index in [0.717, 1.165) is 64.8 Å². The summed E-state index contributed by atoms with van der Waals surface area (Å²) in [5.74, 6) is 0.716. The summed E-state index contributed by atoms with van der Waals surface area (Å²) in [6.07, 6.45) is 4.04. The second-order valence-corrected chi connectivity index (χ2v) is 11.2. The fourth-order valence-corrected chi connectivity index (χ4v) is 6.20. The van der Waals surface area contributed by atoms with Crippen LogP contribution in [0.4, 0.5) is 5.69 Å². The molecule has 5 rings (SSSR count). The minimum absolute atomic E-state index is 0.0487. The molecule has 1 amide bonds. The van der Waals surface area contributed by atoms with Gasteiger partial charge in [0, 0.05) is 72.6 Å². The molecule has 0 spiro atoms. The molecular weight excluding hydrogens is 536 g/mol. The Morgan fingerprint density at radius 3 is 2.72 bits per heavy atom. The van der Waals surface area contributed by atoms with Crippen molar-refractivity contribution in [2.45, 2.75) is 52.3 Å². The van der Waals surface area contributed by atoms with Crippen LogP contribution >= 0.6 is 22.9 Å². The van der Waals surface area contributed by atoms with Crippen molar-refractivity contribution in [3.05, 3.63) is 46.2 Å². The van der Waals surface area contributed by atoms with Gasteiger partial charge in [-0.05, 0) is 63.4 Å². The molecular formula is C28H33ClN6O3S. The maximum atomic E-state index is 12.8. The number of rotatable bonds is 9. The van der Waals surface area contributed by atoms with Crippen LogP contribution in [0.3, 0.4) is 0 Å². The van der Waals surface area contributed by atoms with Crippen LogP contribution in [-0.2, 0) is 11.3 Å². The number of hydrogen-bond donors (Lipinski definition) is 2. The van der Waals surface area contributed by atoms with Gasteiger partial charge in [-0.1, -0.05) is 0 Å². The standard InChI is InChI=1S/C28H33ClN6O3S/c1-5-37-18-10-12-35(13-11-18)15-17-14-31-28(29)34-27(17)38-22-9-6-19-20(33-22)7-8-21-23(19)24(30-4)25(39-21)26(36)32-16(2)3/h6-9,14,16,18,30H,5,10-13,15H2,1-4H3,(H,32,36). The highest BCUT2D eigenvalue weighted by atomic mass is 35.5. The number of carbonyl (C=O) groups is 1. The SMILES string of the molecule is CCOC1CCN(Cc2cnc(Cl)nc2Oc2ccc3c(ccc4sc(C(=O)NC(C)C)c(NC)c43)n2)CC1. The Hall–Kier alpha value is -3.05.